The molecule has 0 spiro atoms. The zero-order valence-electron chi connectivity index (χ0n) is 13.3. The molecule has 128 valence electrons. The van der Waals surface area contributed by atoms with Crippen LogP contribution >= 0.6 is 35.7 Å². The van der Waals surface area contributed by atoms with E-state index in [0.29, 0.717) is 6.79 Å². The number of hydrogen-bond donors (Lipinski definition) is 2. The number of nitrogens with zero attached hydrogens (tertiary/aromatic N) is 1. The summed E-state index contributed by atoms with van der Waals surface area (Å²) in [6.45, 7) is 2.16. The molecule has 2 aliphatic heterocycles. The summed E-state index contributed by atoms with van der Waals surface area (Å²) in [5, 5.41) is 7.51. The molecule has 1 unspecified atom stereocenters. The Kier molecular flexibility index (Phi) is 7.61. The standard InChI is InChI=1S/C16H23N3O2S.HI/c1-17-16(19-10-13-3-2-8-22-13)18-7-6-12-4-5-14-15(9-12)21-11-20-14;/h4-5,9,13H,2-3,6-8,10-11H2,1H3,(H2,17,18,19);1H. The quantitative estimate of drug-likeness (QED) is 0.411. The minimum absolute atomic E-state index is 0. The number of halogens is 1. The van der Waals surface area contributed by atoms with Crippen molar-refractivity contribution in [1.29, 1.82) is 0 Å². The molecule has 7 heteroatoms. The number of aliphatic imine (C=N–C) groups is 1. The molecule has 0 aliphatic carbocycles. The van der Waals surface area contributed by atoms with Crippen LogP contribution in [0.15, 0.2) is 23.2 Å². The van der Waals surface area contributed by atoms with Crippen LogP contribution in [0.4, 0.5) is 0 Å². The smallest absolute Gasteiger partial charge is 0.231 e. The Morgan fingerprint density at radius 2 is 2.17 bits per heavy atom. The molecule has 1 aromatic rings. The summed E-state index contributed by atoms with van der Waals surface area (Å²) >= 11 is 2.06. The molecule has 1 saturated heterocycles. The molecule has 0 aromatic heterocycles. The van der Waals surface area contributed by atoms with Gasteiger partial charge in [-0.25, -0.2) is 0 Å². The van der Waals surface area contributed by atoms with E-state index in [2.05, 4.69) is 39.5 Å². The van der Waals surface area contributed by atoms with Crippen molar-refractivity contribution in [3.63, 3.8) is 0 Å². The molecule has 1 fully saturated rings. The lowest BCUT2D eigenvalue weighted by Crippen LogP contribution is -2.40. The fourth-order valence-electron chi connectivity index (χ4n) is 2.66. The van der Waals surface area contributed by atoms with Crippen LogP contribution in [0.3, 0.4) is 0 Å². The van der Waals surface area contributed by atoms with Crippen molar-refractivity contribution >= 4 is 41.7 Å². The van der Waals surface area contributed by atoms with Crippen molar-refractivity contribution in [1.82, 2.24) is 10.6 Å². The van der Waals surface area contributed by atoms with Crippen LogP contribution < -0.4 is 20.1 Å². The number of benzene rings is 1. The fraction of sp³-hybridized carbons (Fsp3) is 0.562. The van der Waals surface area contributed by atoms with Gasteiger partial charge in [-0.3, -0.25) is 4.99 Å². The largest absolute Gasteiger partial charge is 0.454 e. The van der Waals surface area contributed by atoms with E-state index in [1.54, 1.807) is 0 Å². The molecule has 2 aliphatic rings. The van der Waals surface area contributed by atoms with E-state index >= 15 is 0 Å². The predicted molar refractivity (Wildman–Crippen MR) is 107 cm³/mol. The summed E-state index contributed by atoms with van der Waals surface area (Å²) in [5.41, 5.74) is 1.23. The second-order valence-electron chi connectivity index (χ2n) is 5.45. The van der Waals surface area contributed by atoms with Gasteiger partial charge < -0.3 is 20.1 Å². The Balaban J connectivity index is 0.00000192. The van der Waals surface area contributed by atoms with Crippen LogP contribution in [0.25, 0.3) is 0 Å². The molecule has 0 radical (unpaired) electrons. The van der Waals surface area contributed by atoms with Gasteiger partial charge in [0.2, 0.25) is 6.79 Å². The number of fused-ring (bicyclic) bond motifs is 1. The number of nitrogens with one attached hydrogen (secondary N) is 2. The van der Waals surface area contributed by atoms with Gasteiger partial charge in [0, 0.05) is 25.4 Å². The molecule has 0 amide bonds. The molecule has 0 saturated carbocycles. The van der Waals surface area contributed by atoms with E-state index in [0.717, 1.165) is 42.2 Å². The highest BCUT2D eigenvalue weighted by Crippen LogP contribution is 2.32. The number of thioether (sulfide) groups is 1. The molecular formula is C16H24IN3O2S. The molecule has 5 nitrogen and oxygen atoms in total. The van der Waals surface area contributed by atoms with Crippen LogP contribution in [-0.2, 0) is 6.42 Å². The summed E-state index contributed by atoms with van der Waals surface area (Å²) < 4.78 is 10.7. The van der Waals surface area contributed by atoms with E-state index in [4.69, 9.17) is 9.47 Å². The van der Waals surface area contributed by atoms with E-state index in [1.807, 2.05) is 13.1 Å². The van der Waals surface area contributed by atoms with Gasteiger partial charge in [-0.05, 0) is 42.7 Å². The van der Waals surface area contributed by atoms with Crippen LogP contribution in [0.5, 0.6) is 11.5 Å². The van der Waals surface area contributed by atoms with Crippen molar-refractivity contribution in [2.45, 2.75) is 24.5 Å². The number of hydrogen-bond acceptors (Lipinski definition) is 4. The maximum Gasteiger partial charge on any atom is 0.231 e. The highest BCUT2D eigenvalue weighted by molar-refractivity contribution is 14.0. The first kappa shape index (κ1) is 18.5. The maximum absolute atomic E-state index is 5.40. The lowest BCUT2D eigenvalue weighted by atomic mass is 10.1. The van der Waals surface area contributed by atoms with Gasteiger partial charge in [-0.15, -0.1) is 24.0 Å². The van der Waals surface area contributed by atoms with Crippen molar-refractivity contribution in [3.05, 3.63) is 23.8 Å². The summed E-state index contributed by atoms with van der Waals surface area (Å²) in [5.74, 6) is 3.86. The monoisotopic (exact) mass is 449 g/mol. The minimum Gasteiger partial charge on any atom is -0.454 e. The molecule has 23 heavy (non-hydrogen) atoms. The SMILES string of the molecule is CN=C(NCCc1ccc2c(c1)OCO2)NCC1CCCS1.I. The van der Waals surface area contributed by atoms with Crippen molar-refractivity contribution in [3.8, 4) is 11.5 Å². The normalized spacial score (nSPS) is 19.3. The van der Waals surface area contributed by atoms with Crippen LogP contribution in [0.2, 0.25) is 0 Å². The topological polar surface area (TPSA) is 54.9 Å². The van der Waals surface area contributed by atoms with Crippen LogP contribution in [-0.4, -0.2) is 43.9 Å². The first-order chi connectivity index (χ1) is 10.8. The highest BCUT2D eigenvalue weighted by atomic mass is 127. The van der Waals surface area contributed by atoms with Gasteiger partial charge in [-0.1, -0.05) is 6.07 Å². The maximum atomic E-state index is 5.40. The van der Waals surface area contributed by atoms with Crippen molar-refractivity contribution in [2.75, 3.05) is 32.7 Å². The van der Waals surface area contributed by atoms with E-state index in [-0.39, 0.29) is 24.0 Å². The zero-order valence-corrected chi connectivity index (χ0v) is 16.5. The summed E-state index contributed by atoms with van der Waals surface area (Å²) in [6, 6.07) is 6.11. The second kappa shape index (κ2) is 9.46. The highest BCUT2D eigenvalue weighted by Gasteiger charge is 2.15. The molecule has 1 atom stereocenters. The Morgan fingerprint density at radius 1 is 1.30 bits per heavy atom. The third kappa shape index (κ3) is 5.34. The zero-order chi connectivity index (χ0) is 15.2. The van der Waals surface area contributed by atoms with Crippen molar-refractivity contribution < 1.29 is 9.47 Å². The Morgan fingerprint density at radius 3 is 2.96 bits per heavy atom. The summed E-state index contributed by atoms with van der Waals surface area (Å²) in [7, 11) is 1.82. The van der Waals surface area contributed by atoms with Crippen LogP contribution in [0, 0.1) is 0 Å². The van der Waals surface area contributed by atoms with Gasteiger partial charge in [-0.2, -0.15) is 11.8 Å². The molecule has 2 heterocycles. The minimum atomic E-state index is 0. The Labute approximate surface area is 159 Å². The molecule has 3 rings (SSSR count). The first-order valence-electron chi connectivity index (χ1n) is 7.80. The lowest BCUT2D eigenvalue weighted by molar-refractivity contribution is 0.174. The van der Waals surface area contributed by atoms with Crippen molar-refractivity contribution in [2.24, 2.45) is 4.99 Å². The molecular weight excluding hydrogens is 425 g/mol. The average molecular weight is 449 g/mol. The van der Waals surface area contributed by atoms with Crippen LogP contribution in [0.1, 0.15) is 18.4 Å². The van der Waals surface area contributed by atoms with E-state index < -0.39 is 0 Å². The second-order valence-corrected chi connectivity index (χ2v) is 6.86. The number of guanidine groups is 1. The summed E-state index contributed by atoms with van der Waals surface area (Å²) in [6.07, 6.45) is 3.58. The Bertz CT molecular complexity index is 536. The number of ether oxygens (including phenoxy) is 2. The van der Waals surface area contributed by atoms with Gasteiger partial charge in [0.25, 0.3) is 0 Å². The number of rotatable bonds is 5. The first-order valence-corrected chi connectivity index (χ1v) is 8.84. The molecule has 2 N–H and O–H groups in total. The van der Waals surface area contributed by atoms with E-state index in [9.17, 15) is 0 Å². The predicted octanol–water partition coefficient (Wildman–Crippen LogP) is 2.64. The van der Waals surface area contributed by atoms with Gasteiger partial charge >= 0.3 is 0 Å². The molecule has 0 bridgehead atoms. The lowest BCUT2D eigenvalue weighted by Gasteiger charge is -2.14. The van der Waals surface area contributed by atoms with E-state index in [1.165, 1.54) is 24.2 Å². The molecule has 1 aromatic carbocycles. The third-order valence-electron chi connectivity index (χ3n) is 3.89. The summed E-state index contributed by atoms with van der Waals surface area (Å²) in [4.78, 5) is 4.28. The average Bonchev–Trinajstić information content (AvgIpc) is 3.21. The van der Waals surface area contributed by atoms with Gasteiger partial charge in [0.1, 0.15) is 0 Å². The fourth-order valence-corrected chi connectivity index (χ4v) is 3.86. The van der Waals surface area contributed by atoms with Gasteiger partial charge in [0.05, 0.1) is 0 Å². The van der Waals surface area contributed by atoms with Gasteiger partial charge in [0.15, 0.2) is 17.5 Å². The Hall–Kier alpha value is -0.830. The third-order valence-corrected chi connectivity index (χ3v) is 5.29.